The fourth-order valence-corrected chi connectivity index (χ4v) is 3.05. The largest absolute Gasteiger partial charge is 0.302 e. The number of likely N-dealkylation sites (tertiary alicyclic amines) is 1. The van der Waals surface area contributed by atoms with Gasteiger partial charge >= 0.3 is 0 Å². The van der Waals surface area contributed by atoms with E-state index < -0.39 is 0 Å². The fraction of sp³-hybridized carbons (Fsp3) is 1.00. The minimum atomic E-state index is 0.524. The van der Waals surface area contributed by atoms with E-state index in [2.05, 4.69) is 45.2 Å². The van der Waals surface area contributed by atoms with E-state index in [-0.39, 0.29) is 0 Å². The van der Waals surface area contributed by atoms with Crippen molar-refractivity contribution >= 4 is 12.6 Å². The molecule has 0 amide bonds. The molecule has 1 fully saturated rings. The van der Waals surface area contributed by atoms with Crippen molar-refractivity contribution in [3.8, 4) is 0 Å². The van der Waals surface area contributed by atoms with Crippen molar-refractivity contribution in [3.05, 3.63) is 0 Å². The molecule has 1 nitrogen and oxygen atoms in total. The molecule has 0 radical (unpaired) electrons. The SMILES string of the molecule is CC(C)C(CS)CN1CCCC(C)(C)C1. The van der Waals surface area contributed by atoms with Crippen molar-refractivity contribution < 1.29 is 0 Å². The molecule has 0 aliphatic carbocycles. The Morgan fingerprint density at radius 2 is 2.00 bits per heavy atom. The Labute approximate surface area is 101 Å². The standard InChI is InChI=1S/C13H27NS/c1-11(2)12(9-15)8-14-7-5-6-13(3,4)10-14/h11-12,15H,5-10H2,1-4H3. The molecule has 0 aromatic rings. The molecule has 0 bridgehead atoms. The maximum atomic E-state index is 4.47. The Hall–Kier alpha value is 0.310. The molecule has 1 rings (SSSR count). The quantitative estimate of drug-likeness (QED) is 0.724. The molecule has 0 aromatic heterocycles. The Morgan fingerprint density at radius 3 is 2.47 bits per heavy atom. The summed E-state index contributed by atoms with van der Waals surface area (Å²) in [6.07, 6.45) is 2.75. The molecular formula is C13H27NS. The van der Waals surface area contributed by atoms with E-state index in [9.17, 15) is 0 Å². The van der Waals surface area contributed by atoms with Crippen LogP contribution in [0.25, 0.3) is 0 Å². The van der Waals surface area contributed by atoms with Crippen LogP contribution in [-0.4, -0.2) is 30.3 Å². The van der Waals surface area contributed by atoms with E-state index in [1.54, 1.807) is 0 Å². The van der Waals surface area contributed by atoms with E-state index >= 15 is 0 Å². The Kier molecular flexibility index (Phi) is 4.98. The van der Waals surface area contributed by atoms with Crippen molar-refractivity contribution in [3.63, 3.8) is 0 Å². The van der Waals surface area contributed by atoms with Crippen molar-refractivity contribution in [2.45, 2.75) is 40.5 Å². The first kappa shape index (κ1) is 13.4. The Morgan fingerprint density at radius 1 is 1.33 bits per heavy atom. The average molecular weight is 229 g/mol. The fourth-order valence-electron chi connectivity index (χ4n) is 2.51. The van der Waals surface area contributed by atoms with Crippen LogP contribution in [0, 0.1) is 17.3 Å². The normalized spacial score (nSPS) is 24.4. The Balaban J connectivity index is 2.43. The lowest BCUT2D eigenvalue weighted by Gasteiger charge is -2.40. The summed E-state index contributed by atoms with van der Waals surface area (Å²) in [5.74, 6) is 2.53. The van der Waals surface area contributed by atoms with Gasteiger partial charge in [-0.2, -0.15) is 12.6 Å². The number of rotatable bonds is 4. The summed E-state index contributed by atoms with van der Waals surface area (Å²) in [5.41, 5.74) is 0.524. The highest BCUT2D eigenvalue weighted by molar-refractivity contribution is 7.80. The molecule has 1 unspecified atom stereocenters. The van der Waals surface area contributed by atoms with Gasteiger partial charge in [-0.25, -0.2) is 0 Å². The maximum absolute atomic E-state index is 4.47. The highest BCUT2D eigenvalue weighted by Crippen LogP contribution is 2.29. The number of hydrogen-bond donors (Lipinski definition) is 1. The number of piperidine rings is 1. The van der Waals surface area contributed by atoms with Crippen molar-refractivity contribution in [1.29, 1.82) is 0 Å². The van der Waals surface area contributed by atoms with Gasteiger partial charge in [0.1, 0.15) is 0 Å². The average Bonchev–Trinajstić information content (AvgIpc) is 2.12. The molecule has 0 spiro atoms. The molecule has 1 aliphatic rings. The summed E-state index contributed by atoms with van der Waals surface area (Å²) in [6, 6.07) is 0. The van der Waals surface area contributed by atoms with Crippen LogP contribution >= 0.6 is 12.6 Å². The number of thiol groups is 1. The van der Waals surface area contributed by atoms with Crippen LogP contribution in [0.1, 0.15) is 40.5 Å². The smallest absolute Gasteiger partial charge is 0.00328 e. The summed E-state index contributed by atoms with van der Waals surface area (Å²) in [6.45, 7) is 13.2. The van der Waals surface area contributed by atoms with Crippen LogP contribution in [-0.2, 0) is 0 Å². The van der Waals surface area contributed by atoms with E-state index in [0.29, 0.717) is 5.41 Å². The van der Waals surface area contributed by atoms with Crippen LogP contribution in [0.5, 0.6) is 0 Å². The topological polar surface area (TPSA) is 3.24 Å². The van der Waals surface area contributed by atoms with Gasteiger partial charge < -0.3 is 4.90 Å². The van der Waals surface area contributed by atoms with Gasteiger partial charge in [0.15, 0.2) is 0 Å². The van der Waals surface area contributed by atoms with Gasteiger partial charge in [0.25, 0.3) is 0 Å². The predicted molar refractivity (Wildman–Crippen MR) is 71.6 cm³/mol. The zero-order valence-corrected chi connectivity index (χ0v) is 11.7. The van der Waals surface area contributed by atoms with E-state index in [0.717, 1.165) is 17.6 Å². The molecule has 0 aromatic carbocycles. The summed E-state index contributed by atoms with van der Waals surface area (Å²) in [5, 5.41) is 0. The van der Waals surface area contributed by atoms with Crippen molar-refractivity contribution in [2.75, 3.05) is 25.4 Å². The lowest BCUT2D eigenvalue weighted by molar-refractivity contribution is 0.0974. The van der Waals surface area contributed by atoms with Gasteiger partial charge in [-0.1, -0.05) is 27.7 Å². The second-order valence-electron chi connectivity index (χ2n) is 6.19. The van der Waals surface area contributed by atoms with Crippen molar-refractivity contribution in [2.24, 2.45) is 17.3 Å². The summed E-state index contributed by atoms with van der Waals surface area (Å²) < 4.78 is 0. The monoisotopic (exact) mass is 229 g/mol. The summed E-state index contributed by atoms with van der Waals surface area (Å²) >= 11 is 4.47. The predicted octanol–water partition coefficient (Wildman–Crippen LogP) is 3.31. The van der Waals surface area contributed by atoms with Crippen LogP contribution < -0.4 is 0 Å². The number of nitrogens with zero attached hydrogens (tertiary/aromatic N) is 1. The van der Waals surface area contributed by atoms with Gasteiger partial charge in [0.05, 0.1) is 0 Å². The maximum Gasteiger partial charge on any atom is 0.00328 e. The molecule has 1 saturated heterocycles. The van der Waals surface area contributed by atoms with E-state index in [1.807, 2.05) is 0 Å². The van der Waals surface area contributed by atoms with Gasteiger partial charge in [-0.05, 0) is 42.4 Å². The third-order valence-corrected chi connectivity index (χ3v) is 4.12. The highest BCUT2D eigenvalue weighted by atomic mass is 32.1. The molecule has 90 valence electrons. The lowest BCUT2D eigenvalue weighted by atomic mass is 9.83. The van der Waals surface area contributed by atoms with Gasteiger partial charge in [-0.3, -0.25) is 0 Å². The molecule has 0 N–H and O–H groups in total. The van der Waals surface area contributed by atoms with Crippen LogP contribution in [0.2, 0.25) is 0 Å². The minimum Gasteiger partial charge on any atom is -0.302 e. The van der Waals surface area contributed by atoms with Gasteiger partial charge in [-0.15, -0.1) is 0 Å². The summed E-state index contributed by atoms with van der Waals surface area (Å²) in [4.78, 5) is 2.64. The third kappa shape index (κ3) is 4.36. The molecule has 2 heteroatoms. The highest BCUT2D eigenvalue weighted by Gasteiger charge is 2.27. The zero-order valence-electron chi connectivity index (χ0n) is 10.8. The molecular weight excluding hydrogens is 202 g/mol. The summed E-state index contributed by atoms with van der Waals surface area (Å²) in [7, 11) is 0. The second kappa shape index (κ2) is 5.58. The van der Waals surface area contributed by atoms with E-state index in [4.69, 9.17) is 0 Å². The molecule has 1 heterocycles. The van der Waals surface area contributed by atoms with E-state index in [1.165, 1.54) is 32.5 Å². The first-order valence-electron chi connectivity index (χ1n) is 6.28. The molecule has 15 heavy (non-hydrogen) atoms. The molecule has 0 saturated carbocycles. The zero-order chi connectivity index (χ0) is 11.5. The number of hydrogen-bond acceptors (Lipinski definition) is 2. The van der Waals surface area contributed by atoms with Crippen LogP contribution in [0.15, 0.2) is 0 Å². The van der Waals surface area contributed by atoms with Crippen LogP contribution in [0.4, 0.5) is 0 Å². The van der Waals surface area contributed by atoms with Gasteiger partial charge in [0.2, 0.25) is 0 Å². The minimum absolute atomic E-state index is 0.524. The van der Waals surface area contributed by atoms with Crippen molar-refractivity contribution in [1.82, 2.24) is 4.90 Å². The molecule has 1 atom stereocenters. The second-order valence-corrected chi connectivity index (χ2v) is 6.55. The van der Waals surface area contributed by atoms with Crippen LogP contribution in [0.3, 0.4) is 0 Å². The molecule has 1 aliphatic heterocycles. The third-order valence-electron chi connectivity index (χ3n) is 3.65. The van der Waals surface area contributed by atoms with Gasteiger partial charge in [0, 0.05) is 13.1 Å². The first-order valence-corrected chi connectivity index (χ1v) is 6.91. The first-order chi connectivity index (χ1) is 6.94. The lowest BCUT2D eigenvalue weighted by Crippen LogP contribution is -2.43. The Bertz CT molecular complexity index is 189.